The topological polar surface area (TPSA) is 92.7 Å². The fourth-order valence-electron chi connectivity index (χ4n) is 1.33. The van der Waals surface area contributed by atoms with Crippen LogP contribution in [0.3, 0.4) is 0 Å². The van der Waals surface area contributed by atoms with Crippen molar-refractivity contribution >= 4 is 21.7 Å². The quantitative estimate of drug-likeness (QED) is 0.634. The molecule has 1 aromatic rings. The van der Waals surface area contributed by atoms with E-state index in [0.29, 0.717) is 12.1 Å². The number of hydrogen-bond donors (Lipinski definition) is 2. The summed E-state index contributed by atoms with van der Waals surface area (Å²) in [5.41, 5.74) is -1.74. The molecule has 0 bridgehead atoms. The lowest BCUT2D eigenvalue weighted by Crippen LogP contribution is -2.20. The maximum Gasteiger partial charge on any atom is 0.416 e. The van der Waals surface area contributed by atoms with E-state index in [4.69, 9.17) is 0 Å². The Bertz CT molecular complexity index is 627. The van der Waals surface area contributed by atoms with Crippen molar-refractivity contribution in [3.63, 3.8) is 0 Å². The number of anilines is 1. The van der Waals surface area contributed by atoms with E-state index in [9.17, 15) is 31.5 Å². The van der Waals surface area contributed by atoms with E-state index in [-0.39, 0.29) is 0 Å². The zero-order chi connectivity index (χ0) is 16.3. The number of carbonyl (C=O) groups excluding carboxylic acids is 1. The molecule has 0 atom stereocenters. The number of carbonyl (C=O) groups is 1. The monoisotopic (exact) mass is 327 g/mol. The fourth-order valence-corrected chi connectivity index (χ4v) is 2.37. The van der Waals surface area contributed by atoms with Crippen molar-refractivity contribution < 1.29 is 36.2 Å². The number of halogens is 3. The Labute approximate surface area is 118 Å². The van der Waals surface area contributed by atoms with Crippen LogP contribution in [-0.2, 0) is 25.7 Å². The number of rotatable bonds is 5. The molecule has 2 N–H and O–H groups in total. The van der Waals surface area contributed by atoms with Gasteiger partial charge in [0, 0.05) is 0 Å². The molecule has 0 unspecified atom stereocenters. The SMILES string of the molecule is COC(=O)CCS(=O)(=O)Nc1cc(C(F)(F)F)ccc1O. The van der Waals surface area contributed by atoms with E-state index in [2.05, 4.69) is 4.74 Å². The lowest BCUT2D eigenvalue weighted by atomic mass is 10.2. The number of phenolic OH excluding ortho intramolecular Hbond substituents is 1. The van der Waals surface area contributed by atoms with E-state index in [0.717, 1.165) is 13.2 Å². The highest BCUT2D eigenvalue weighted by Gasteiger charge is 2.31. The van der Waals surface area contributed by atoms with Gasteiger partial charge in [-0.15, -0.1) is 0 Å². The van der Waals surface area contributed by atoms with Gasteiger partial charge in [-0.25, -0.2) is 8.42 Å². The number of alkyl halides is 3. The third-order valence-corrected chi connectivity index (χ3v) is 3.66. The van der Waals surface area contributed by atoms with Crippen LogP contribution in [0.25, 0.3) is 0 Å². The van der Waals surface area contributed by atoms with Gasteiger partial charge >= 0.3 is 12.1 Å². The molecule has 0 heterocycles. The molecule has 0 radical (unpaired) electrons. The number of ether oxygens (including phenoxy) is 1. The zero-order valence-corrected chi connectivity index (χ0v) is 11.6. The van der Waals surface area contributed by atoms with Crippen LogP contribution in [0.2, 0.25) is 0 Å². The molecule has 0 aliphatic rings. The molecular weight excluding hydrogens is 315 g/mol. The highest BCUT2D eigenvalue weighted by molar-refractivity contribution is 7.92. The highest BCUT2D eigenvalue weighted by Crippen LogP contribution is 2.34. The lowest BCUT2D eigenvalue weighted by molar-refractivity contribution is -0.140. The Morgan fingerprint density at radius 2 is 2.00 bits per heavy atom. The van der Waals surface area contributed by atoms with Crippen LogP contribution in [0, 0.1) is 0 Å². The molecule has 1 aromatic carbocycles. The molecule has 0 spiro atoms. The number of aromatic hydroxyl groups is 1. The number of sulfonamides is 1. The molecular formula is C11H12F3NO5S. The van der Waals surface area contributed by atoms with Crippen LogP contribution < -0.4 is 4.72 Å². The number of methoxy groups -OCH3 is 1. The number of benzene rings is 1. The van der Waals surface area contributed by atoms with Crippen LogP contribution in [-0.4, -0.2) is 32.4 Å². The first-order valence-corrected chi connectivity index (χ1v) is 7.18. The van der Waals surface area contributed by atoms with Gasteiger partial charge in [0.15, 0.2) is 0 Å². The molecule has 0 saturated heterocycles. The third-order valence-electron chi connectivity index (χ3n) is 2.39. The highest BCUT2D eigenvalue weighted by atomic mass is 32.2. The molecule has 21 heavy (non-hydrogen) atoms. The standard InChI is InChI=1S/C11H12F3NO5S/c1-20-10(17)4-5-21(18,19)15-8-6-7(11(12,13)14)2-3-9(8)16/h2-3,6,15-16H,4-5H2,1H3. The minimum atomic E-state index is -4.68. The number of nitrogens with one attached hydrogen (secondary N) is 1. The molecule has 6 nitrogen and oxygen atoms in total. The normalized spacial score (nSPS) is 12.0. The second-order valence-electron chi connectivity index (χ2n) is 3.98. The van der Waals surface area contributed by atoms with E-state index in [1.54, 1.807) is 4.72 Å². The summed E-state index contributed by atoms with van der Waals surface area (Å²) in [6.45, 7) is 0. The maximum atomic E-state index is 12.5. The summed E-state index contributed by atoms with van der Waals surface area (Å²) in [4.78, 5) is 10.9. The van der Waals surface area contributed by atoms with Crippen molar-refractivity contribution in [1.29, 1.82) is 0 Å². The van der Waals surface area contributed by atoms with E-state index in [1.165, 1.54) is 0 Å². The Morgan fingerprint density at radius 1 is 1.38 bits per heavy atom. The molecule has 0 amide bonds. The van der Waals surface area contributed by atoms with Gasteiger partial charge in [-0.1, -0.05) is 0 Å². The summed E-state index contributed by atoms with van der Waals surface area (Å²) in [5.74, 6) is -2.13. The first-order valence-electron chi connectivity index (χ1n) is 5.52. The van der Waals surface area contributed by atoms with Gasteiger partial charge in [-0.2, -0.15) is 13.2 Å². The largest absolute Gasteiger partial charge is 0.506 e. The van der Waals surface area contributed by atoms with Gasteiger partial charge in [0.25, 0.3) is 0 Å². The van der Waals surface area contributed by atoms with E-state index in [1.807, 2.05) is 0 Å². The summed E-state index contributed by atoms with van der Waals surface area (Å²) >= 11 is 0. The second kappa shape index (κ2) is 6.20. The van der Waals surface area contributed by atoms with Crippen molar-refractivity contribution in [3.05, 3.63) is 23.8 Å². The van der Waals surface area contributed by atoms with E-state index < -0.39 is 51.3 Å². The molecule has 0 fully saturated rings. The maximum absolute atomic E-state index is 12.5. The minimum Gasteiger partial charge on any atom is -0.506 e. The molecule has 0 saturated carbocycles. The Hall–Kier alpha value is -1.97. The van der Waals surface area contributed by atoms with Gasteiger partial charge in [0.2, 0.25) is 10.0 Å². The Morgan fingerprint density at radius 3 is 2.52 bits per heavy atom. The number of esters is 1. The molecule has 0 aromatic heterocycles. The summed E-state index contributed by atoms with van der Waals surface area (Å²) in [5, 5.41) is 9.40. The first kappa shape index (κ1) is 17.1. The summed E-state index contributed by atoms with van der Waals surface area (Å²) in [7, 11) is -3.03. The average Bonchev–Trinajstić information content (AvgIpc) is 2.37. The molecule has 0 aliphatic heterocycles. The fraction of sp³-hybridized carbons (Fsp3) is 0.364. The molecule has 1 rings (SSSR count). The summed E-state index contributed by atoms with van der Waals surface area (Å²) < 4.78 is 66.8. The molecule has 10 heteroatoms. The predicted octanol–water partition coefficient (Wildman–Crippen LogP) is 1.72. The van der Waals surface area contributed by atoms with Crippen molar-refractivity contribution in [1.82, 2.24) is 0 Å². The molecule has 0 aliphatic carbocycles. The van der Waals surface area contributed by atoms with Crippen molar-refractivity contribution in [2.45, 2.75) is 12.6 Å². The summed E-state index contributed by atoms with van der Waals surface area (Å²) in [6, 6.07) is 1.80. The van der Waals surface area contributed by atoms with Gasteiger partial charge in [-0.05, 0) is 18.2 Å². The second-order valence-corrected chi connectivity index (χ2v) is 5.82. The number of phenols is 1. The van der Waals surface area contributed by atoms with Crippen molar-refractivity contribution in [2.24, 2.45) is 0 Å². The van der Waals surface area contributed by atoms with Gasteiger partial charge in [0.05, 0.1) is 30.5 Å². The van der Waals surface area contributed by atoms with Gasteiger partial charge in [-0.3, -0.25) is 9.52 Å². The Kier molecular flexibility index (Phi) is 5.05. The van der Waals surface area contributed by atoms with E-state index >= 15 is 0 Å². The first-order chi connectivity index (χ1) is 9.55. The zero-order valence-electron chi connectivity index (χ0n) is 10.8. The molecule has 118 valence electrons. The predicted molar refractivity (Wildman–Crippen MR) is 67.2 cm³/mol. The van der Waals surface area contributed by atoms with Crippen molar-refractivity contribution in [3.8, 4) is 5.75 Å². The summed E-state index contributed by atoms with van der Waals surface area (Å²) in [6.07, 6.45) is -5.15. The van der Waals surface area contributed by atoms with Gasteiger partial charge < -0.3 is 9.84 Å². The minimum absolute atomic E-state index is 0.463. The number of hydrogen-bond acceptors (Lipinski definition) is 5. The lowest BCUT2D eigenvalue weighted by Gasteiger charge is -2.12. The Balaban J connectivity index is 2.94. The third kappa shape index (κ3) is 5.14. The van der Waals surface area contributed by atoms with Crippen LogP contribution in [0.4, 0.5) is 18.9 Å². The average molecular weight is 327 g/mol. The van der Waals surface area contributed by atoms with Crippen LogP contribution in [0.1, 0.15) is 12.0 Å². The van der Waals surface area contributed by atoms with Crippen LogP contribution in [0.5, 0.6) is 5.75 Å². The van der Waals surface area contributed by atoms with Crippen LogP contribution in [0.15, 0.2) is 18.2 Å². The smallest absolute Gasteiger partial charge is 0.416 e. The van der Waals surface area contributed by atoms with Gasteiger partial charge in [0.1, 0.15) is 5.75 Å². The van der Waals surface area contributed by atoms with Crippen molar-refractivity contribution in [2.75, 3.05) is 17.6 Å². The van der Waals surface area contributed by atoms with Crippen LogP contribution >= 0.6 is 0 Å².